The van der Waals surface area contributed by atoms with Crippen LogP contribution in [-0.4, -0.2) is 16.5 Å². The van der Waals surface area contributed by atoms with Crippen LogP contribution < -0.4 is 10.1 Å². The molecule has 104 valence electrons. The van der Waals surface area contributed by atoms with Crippen molar-refractivity contribution in [2.75, 3.05) is 12.4 Å². The van der Waals surface area contributed by atoms with Crippen LogP contribution in [0.2, 0.25) is 0 Å². The van der Waals surface area contributed by atoms with Gasteiger partial charge in [-0.15, -0.1) is 11.3 Å². The van der Waals surface area contributed by atoms with Crippen LogP contribution in [0, 0.1) is 5.82 Å². The lowest BCUT2D eigenvalue weighted by Gasteiger charge is -2.10. The summed E-state index contributed by atoms with van der Waals surface area (Å²) in [7, 11) is 1.58. The van der Waals surface area contributed by atoms with Gasteiger partial charge in [-0.3, -0.25) is 4.40 Å². The first-order valence-corrected chi connectivity index (χ1v) is 7.54. The number of hydrogen-bond acceptors (Lipinski definition) is 4. The van der Waals surface area contributed by atoms with E-state index in [9.17, 15) is 4.39 Å². The minimum atomic E-state index is -0.301. The van der Waals surface area contributed by atoms with Gasteiger partial charge in [-0.2, -0.15) is 4.98 Å². The van der Waals surface area contributed by atoms with E-state index in [1.165, 1.54) is 17.4 Å². The van der Waals surface area contributed by atoms with Gasteiger partial charge in [-0.25, -0.2) is 4.39 Å². The summed E-state index contributed by atoms with van der Waals surface area (Å²) in [5, 5.41) is 5.03. The monoisotopic (exact) mass is 355 g/mol. The molecule has 3 rings (SSSR count). The molecule has 1 aromatic carbocycles. The molecule has 0 unspecified atom stereocenters. The lowest BCUT2D eigenvalue weighted by atomic mass is 10.3. The van der Waals surface area contributed by atoms with Crippen molar-refractivity contribution in [3.8, 4) is 5.88 Å². The predicted octanol–water partition coefficient (Wildman–Crippen LogP) is 3.92. The van der Waals surface area contributed by atoms with Gasteiger partial charge in [0.15, 0.2) is 4.96 Å². The van der Waals surface area contributed by atoms with E-state index in [2.05, 4.69) is 26.2 Å². The van der Waals surface area contributed by atoms with Crippen molar-refractivity contribution in [1.82, 2.24) is 9.38 Å². The van der Waals surface area contributed by atoms with Crippen LogP contribution in [0.25, 0.3) is 4.96 Å². The van der Waals surface area contributed by atoms with Crippen LogP contribution in [0.3, 0.4) is 0 Å². The van der Waals surface area contributed by atoms with Gasteiger partial charge in [0.1, 0.15) is 11.5 Å². The number of para-hydroxylation sites is 1. The molecule has 0 fully saturated rings. The lowest BCUT2D eigenvalue weighted by molar-refractivity contribution is 0.395. The van der Waals surface area contributed by atoms with E-state index in [1.807, 2.05) is 16.0 Å². The first kappa shape index (κ1) is 13.4. The van der Waals surface area contributed by atoms with E-state index >= 15 is 0 Å². The molecule has 0 aliphatic rings. The number of rotatable bonds is 4. The molecule has 1 N–H and O–H groups in total. The number of methoxy groups -OCH3 is 1. The summed E-state index contributed by atoms with van der Waals surface area (Å²) < 4.78 is 21.7. The second kappa shape index (κ2) is 5.41. The Bertz CT molecular complexity index is 735. The Labute approximate surface area is 127 Å². The second-order valence-corrected chi connectivity index (χ2v) is 5.80. The molecule has 2 heterocycles. The highest BCUT2D eigenvalue weighted by molar-refractivity contribution is 9.10. The molecule has 0 saturated carbocycles. The minimum absolute atomic E-state index is 0.301. The molecule has 2 aromatic heterocycles. The zero-order valence-electron chi connectivity index (χ0n) is 10.6. The van der Waals surface area contributed by atoms with E-state index in [4.69, 9.17) is 4.74 Å². The highest BCUT2D eigenvalue weighted by Gasteiger charge is 2.14. The quantitative estimate of drug-likeness (QED) is 0.770. The molecule has 0 amide bonds. The van der Waals surface area contributed by atoms with Crippen molar-refractivity contribution >= 4 is 37.9 Å². The average molecular weight is 356 g/mol. The normalized spacial score (nSPS) is 10.9. The van der Waals surface area contributed by atoms with Gasteiger partial charge >= 0.3 is 0 Å². The standard InChI is InChI=1S/C13H11BrFN3OS/c1-19-12-10(18-5-6-20-13(18)17-12)7-16-11-8(14)3-2-4-9(11)15/h2-6,16H,7H2,1H3. The Kier molecular flexibility index (Phi) is 3.62. The smallest absolute Gasteiger partial charge is 0.238 e. The Morgan fingerprint density at radius 1 is 1.50 bits per heavy atom. The third kappa shape index (κ3) is 2.27. The van der Waals surface area contributed by atoms with Crippen LogP contribution in [0.1, 0.15) is 5.69 Å². The van der Waals surface area contributed by atoms with Crippen molar-refractivity contribution in [1.29, 1.82) is 0 Å². The molecule has 0 aliphatic carbocycles. The van der Waals surface area contributed by atoms with Gasteiger partial charge in [0, 0.05) is 16.0 Å². The number of imidazole rings is 1. The van der Waals surface area contributed by atoms with Gasteiger partial charge in [0.05, 0.1) is 19.3 Å². The fraction of sp³-hybridized carbons (Fsp3) is 0.154. The SMILES string of the molecule is COc1nc2sccn2c1CNc1c(F)cccc1Br. The predicted molar refractivity (Wildman–Crippen MR) is 81.0 cm³/mol. The van der Waals surface area contributed by atoms with Crippen LogP contribution in [0.4, 0.5) is 10.1 Å². The number of fused-ring (bicyclic) bond motifs is 1. The summed E-state index contributed by atoms with van der Waals surface area (Å²) in [5.74, 6) is 0.251. The van der Waals surface area contributed by atoms with Gasteiger partial charge in [0.25, 0.3) is 0 Å². The number of thiazole rings is 1. The maximum atomic E-state index is 13.8. The Morgan fingerprint density at radius 3 is 3.10 bits per heavy atom. The second-order valence-electron chi connectivity index (χ2n) is 4.07. The van der Waals surface area contributed by atoms with Crippen molar-refractivity contribution in [2.45, 2.75) is 6.54 Å². The summed E-state index contributed by atoms with van der Waals surface area (Å²) in [4.78, 5) is 5.22. The fourth-order valence-electron chi connectivity index (χ4n) is 1.98. The third-order valence-corrected chi connectivity index (χ3v) is 4.33. The molecule has 0 saturated heterocycles. The van der Waals surface area contributed by atoms with Gasteiger partial charge in [0.2, 0.25) is 5.88 Å². The molecule has 0 spiro atoms. The number of ether oxygens (including phenoxy) is 1. The maximum Gasteiger partial charge on any atom is 0.238 e. The van der Waals surface area contributed by atoms with Crippen molar-refractivity contribution < 1.29 is 9.13 Å². The van der Waals surface area contributed by atoms with E-state index < -0.39 is 0 Å². The van der Waals surface area contributed by atoms with Crippen molar-refractivity contribution in [3.05, 3.63) is 45.8 Å². The Hall–Kier alpha value is -1.60. The number of nitrogens with one attached hydrogen (secondary N) is 1. The molecule has 7 heteroatoms. The number of benzene rings is 1. The van der Waals surface area contributed by atoms with E-state index in [-0.39, 0.29) is 5.82 Å². The summed E-state index contributed by atoms with van der Waals surface area (Å²) in [6.07, 6.45) is 1.92. The Balaban J connectivity index is 1.92. The lowest BCUT2D eigenvalue weighted by Crippen LogP contribution is -2.05. The fourth-order valence-corrected chi connectivity index (χ4v) is 3.18. The first-order valence-electron chi connectivity index (χ1n) is 5.87. The molecular weight excluding hydrogens is 345 g/mol. The summed E-state index contributed by atoms with van der Waals surface area (Å²) in [5.41, 5.74) is 1.29. The number of anilines is 1. The van der Waals surface area contributed by atoms with Gasteiger partial charge < -0.3 is 10.1 Å². The molecule has 20 heavy (non-hydrogen) atoms. The number of halogens is 2. The number of nitrogens with zero attached hydrogens (tertiary/aromatic N) is 2. The van der Waals surface area contributed by atoms with Crippen LogP contribution in [0.15, 0.2) is 34.2 Å². The summed E-state index contributed by atoms with van der Waals surface area (Å²) in [6.45, 7) is 0.417. The van der Waals surface area contributed by atoms with E-state index in [0.717, 1.165) is 10.7 Å². The Morgan fingerprint density at radius 2 is 2.35 bits per heavy atom. The topological polar surface area (TPSA) is 38.6 Å². The van der Waals surface area contributed by atoms with Crippen LogP contribution in [-0.2, 0) is 6.54 Å². The van der Waals surface area contributed by atoms with Crippen LogP contribution in [0.5, 0.6) is 5.88 Å². The van der Waals surface area contributed by atoms with E-state index in [1.54, 1.807) is 19.2 Å². The molecule has 0 bridgehead atoms. The minimum Gasteiger partial charge on any atom is -0.480 e. The maximum absolute atomic E-state index is 13.8. The molecule has 4 nitrogen and oxygen atoms in total. The zero-order chi connectivity index (χ0) is 14.1. The third-order valence-electron chi connectivity index (χ3n) is 2.91. The molecule has 0 atom stereocenters. The molecule has 3 aromatic rings. The summed E-state index contributed by atoms with van der Waals surface area (Å²) >= 11 is 4.86. The number of hydrogen-bond donors (Lipinski definition) is 1. The van der Waals surface area contributed by atoms with Crippen molar-refractivity contribution in [3.63, 3.8) is 0 Å². The van der Waals surface area contributed by atoms with E-state index in [0.29, 0.717) is 22.6 Å². The highest BCUT2D eigenvalue weighted by atomic mass is 79.9. The zero-order valence-corrected chi connectivity index (χ0v) is 13.0. The number of aromatic nitrogens is 2. The van der Waals surface area contributed by atoms with Gasteiger partial charge in [-0.1, -0.05) is 6.07 Å². The van der Waals surface area contributed by atoms with Crippen molar-refractivity contribution in [2.24, 2.45) is 0 Å². The van der Waals surface area contributed by atoms with Crippen LogP contribution >= 0.6 is 27.3 Å². The first-order chi connectivity index (χ1) is 9.70. The van der Waals surface area contributed by atoms with Gasteiger partial charge in [-0.05, 0) is 28.1 Å². The molecule has 0 radical (unpaired) electrons. The molecule has 0 aliphatic heterocycles. The largest absolute Gasteiger partial charge is 0.480 e. The average Bonchev–Trinajstić information content (AvgIpc) is 2.99. The molecular formula is C13H11BrFN3OS. The highest BCUT2D eigenvalue weighted by Crippen LogP contribution is 2.28. The summed E-state index contributed by atoms with van der Waals surface area (Å²) in [6, 6.07) is 4.86.